The van der Waals surface area contributed by atoms with Crippen molar-refractivity contribution in [3.05, 3.63) is 71.8 Å². The fraction of sp³-hybridized carbons (Fsp3) is 0.364. The number of hydrogen-bond donors (Lipinski definition) is 3. The van der Waals surface area contributed by atoms with Crippen LogP contribution in [0.25, 0.3) is 0 Å². The molecule has 1 saturated carbocycles. The van der Waals surface area contributed by atoms with E-state index in [4.69, 9.17) is 9.47 Å². The third kappa shape index (κ3) is 6.80. The smallest absolute Gasteiger partial charge is 0.407 e. The molecule has 1 fully saturated rings. The second kappa shape index (κ2) is 10.5. The van der Waals surface area contributed by atoms with Gasteiger partial charge in [0.2, 0.25) is 0 Å². The summed E-state index contributed by atoms with van der Waals surface area (Å²) >= 11 is 0. The zero-order valence-electron chi connectivity index (χ0n) is 16.1. The van der Waals surface area contributed by atoms with Crippen molar-refractivity contribution in [2.45, 2.75) is 50.7 Å². The molecule has 0 saturated heterocycles. The fourth-order valence-corrected chi connectivity index (χ4v) is 3.31. The predicted molar refractivity (Wildman–Crippen MR) is 107 cm³/mol. The number of amides is 2. The number of carbonyl (C=O) groups is 2. The summed E-state index contributed by atoms with van der Waals surface area (Å²) in [5.41, 5.74) is 1.77. The van der Waals surface area contributed by atoms with Gasteiger partial charge in [0.25, 0.3) is 0 Å². The summed E-state index contributed by atoms with van der Waals surface area (Å²) in [6.45, 7) is 0.318. The first-order valence-corrected chi connectivity index (χ1v) is 9.72. The summed E-state index contributed by atoms with van der Waals surface area (Å²) in [5, 5.41) is 15.5. The number of aliphatic hydroxyl groups is 1. The maximum Gasteiger partial charge on any atom is 0.407 e. The van der Waals surface area contributed by atoms with E-state index < -0.39 is 24.3 Å². The highest BCUT2D eigenvalue weighted by atomic mass is 16.6. The van der Waals surface area contributed by atoms with Gasteiger partial charge in [0.05, 0.1) is 18.2 Å². The summed E-state index contributed by atoms with van der Waals surface area (Å²) < 4.78 is 10.5. The van der Waals surface area contributed by atoms with E-state index in [1.54, 1.807) is 0 Å². The van der Waals surface area contributed by atoms with Crippen LogP contribution < -0.4 is 10.6 Å². The molecule has 0 radical (unpaired) electrons. The Hall–Kier alpha value is -3.06. The first-order valence-electron chi connectivity index (χ1n) is 9.72. The van der Waals surface area contributed by atoms with E-state index in [-0.39, 0.29) is 19.3 Å². The van der Waals surface area contributed by atoms with Crippen LogP contribution in [0.1, 0.15) is 30.4 Å². The lowest BCUT2D eigenvalue weighted by atomic mass is 9.88. The third-order valence-corrected chi connectivity index (χ3v) is 4.85. The van der Waals surface area contributed by atoms with Gasteiger partial charge in [0, 0.05) is 0 Å². The minimum absolute atomic E-state index is 0.152. The van der Waals surface area contributed by atoms with Crippen molar-refractivity contribution in [3.63, 3.8) is 0 Å². The van der Waals surface area contributed by atoms with Gasteiger partial charge in [-0.15, -0.1) is 0 Å². The van der Waals surface area contributed by atoms with Gasteiger partial charge in [-0.25, -0.2) is 9.59 Å². The van der Waals surface area contributed by atoms with Crippen molar-refractivity contribution in [1.29, 1.82) is 0 Å². The van der Waals surface area contributed by atoms with Crippen LogP contribution >= 0.6 is 0 Å². The lowest BCUT2D eigenvalue weighted by Crippen LogP contribution is -2.55. The van der Waals surface area contributed by atoms with Gasteiger partial charge in [-0.05, 0) is 30.4 Å². The third-order valence-electron chi connectivity index (χ3n) is 4.85. The fourth-order valence-electron chi connectivity index (χ4n) is 3.31. The molecule has 1 aliphatic carbocycles. The second-order valence-electron chi connectivity index (χ2n) is 7.09. The van der Waals surface area contributed by atoms with Crippen LogP contribution in [0.3, 0.4) is 0 Å². The molecule has 0 aliphatic heterocycles. The molecule has 2 aromatic rings. The average Bonchev–Trinajstić information content (AvgIpc) is 2.74. The quantitative estimate of drug-likeness (QED) is 0.695. The Morgan fingerprint density at radius 1 is 0.793 bits per heavy atom. The maximum absolute atomic E-state index is 12.2. The van der Waals surface area contributed by atoms with Gasteiger partial charge in [0.1, 0.15) is 13.2 Å². The highest BCUT2D eigenvalue weighted by Crippen LogP contribution is 2.20. The molecule has 29 heavy (non-hydrogen) atoms. The van der Waals surface area contributed by atoms with Gasteiger partial charge in [-0.3, -0.25) is 0 Å². The molecule has 7 nitrogen and oxygen atoms in total. The lowest BCUT2D eigenvalue weighted by Gasteiger charge is -2.34. The normalized spacial score (nSPS) is 21.1. The van der Waals surface area contributed by atoms with Crippen LogP contribution in [0.2, 0.25) is 0 Å². The molecular weight excluding hydrogens is 372 g/mol. The van der Waals surface area contributed by atoms with Gasteiger partial charge in [-0.1, -0.05) is 60.7 Å². The van der Waals surface area contributed by atoms with Crippen molar-refractivity contribution < 1.29 is 24.2 Å². The maximum atomic E-state index is 12.2. The van der Waals surface area contributed by atoms with E-state index in [1.807, 2.05) is 60.7 Å². The highest BCUT2D eigenvalue weighted by molar-refractivity contribution is 5.69. The molecule has 2 aromatic carbocycles. The number of hydrogen-bond acceptors (Lipinski definition) is 5. The summed E-state index contributed by atoms with van der Waals surface area (Å²) in [7, 11) is 0. The van der Waals surface area contributed by atoms with Gasteiger partial charge in [-0.2, -0.15) is 0 Å². The van der Waals surface area contributed by atoms with E-state index in [2.05, 4.69) is 10.6 Å². The number of nitrogens with one attached hydrogen (secondary N) is 2. The number of ether oxygens (including phenoxy) is 2. The van der Waals surface area contributed by atoms with Crippen LogP contribution in [0.15, 0.2) is 60.7 Å². The summed E-state index contributed by atoms with van der Waals surface area (Å²) in [6, 6.07) is 18.0. The number of aliphatic hydroxyl groups excluding tert-OH is 1. The average molecular weight is 398 g/mol. The van der Waals surface area contributed by atoms with Crippen LogP contribution in [0.4, 0.5) is 9.59 Å². The van der Waals surface area contributed by atoms with E-state index >= 15 is 0 Å². The molecule has 0 bridgehead atoms. The van der Waals surface area contributed by atoms with Gasteiger partial charge in [0.15, 0.2) is 0 Å². The van der Waals surface area contributed by atoms with Crippen LogP contribution in [-0.2, 0) is 22.7 Å². The number of benzene rings is 2. The van der Waals surface area contributed by atoms with Crippen molar-refractivity contribution in [1.82, 2.24) is 10.6 Å². The van der Waals surface area contributed by atoms with E-state index in [0.717, 1.165) is 11.1 Å². The zero-order chi connectivity index (χ0) is 20.5. The first kappa shape index (κ1) is 20.7. The van der Waals surface area contributed by atoms with Gasteiger partial charge >= 0.3 is 12.2 Å². The Bertz CT molecular complexity index is 784. The molecule has 0 heterocycles. The molecule has 0 spiro atoms. The number of rotatable bonds is 6. The largest absolute Gasteiger partial charge is 0.445 e. The molecule has 3 rings (SSSR count). The molecule has 3 atom stereocenters. The second-order valence-corrected chi connectivity index (χ2v) is 7.09. The Balaban J connectivity index is 1.48. The zero-order valence-corrected chi connectivity index (χ0v) is 16.1. The van der Waals surface area contributed by atoms with Crippen LogP contribution in [0.5, 0.6) is 0 Å². The summed E-state index contributed by atoms with van der Waals surface area (Å²) in [6.07, 6.45) is -0.263. The molecule has 2 amide bonds. The number of carbonyl (C=O) groups excluding carboxylic acids is 2. The Morgan fingerprint density at radius 3 is 1.79 bits per heavy atom. The molecule has 7 heteroatoms. The molecular formula is C22H26N2O5. The molecule has 3 N–H and O–H groups in total. The number of alkyl carbamates (subject to hydrolysis) is 2. The van der Waals surface area contributed by atoms with E-state index in [0.29, 0.717) is 19.3 Å². The minimum atomic E-state index is -0.586. The Morgan fingerprint density at radius 2 is 1.28 bits per heavy atom. The van der Waals surface area contributed by atoms with E-state index in [9.17, 15) is 14.7 Å². The summed E-state index contributed by atoms with van der Waals surface area (Å²) in [5.74, 6) is 0. The Kier molecular flexibility index (Phi) is 7.47. The van der Waals surface area contributed by atoms with Crippen molar-refractivity contribution >= 4 is 12.2 Å². The highest BCUT2D eigenvalue weighted by Gasteiger charge is 2.32. The Labute approximate surface area is 170 Å². The minimum Gasteiger partial charge on any atom is -0.445 e. The van der Waals surface area contributed by atoms with Crippen LogP contribution in [-0.4, -0.2) is 35.5 Å². The summed E-state index contributed by atoms with van der Waals surface area (Å²) in [4.78, 5) is 24.3. The predicted octanol–water partition coefficient (Wildman–Crippen LogP) is 3.12. The molecule has 2 unspecified atom stereocenters. The van der Waals surface area contributed by atoms with Crippen molar-refractivity contribution in [2.75, 3.05) is 0 Å². The SMILES string of the molecule is O=C(NC1CC(O)CC[C@@H]1NC(=O)OCc1ccccc1)OCc1ccccc1. The van der Waals surface area contributed by atoms with Gasteiger partial charge < -0.3 is 25.2 Å². The molecule has 154 valence electrons. The van der Waals surface area contributed by atoms with Crippen molar-refractivity contribution in [2.24, 2.45) is 0 Å². The van der Waals surface area contributed by atoms with Crippen LogP contribution in [0, 0.1) is 0 Å². The van der Waals surface area contributed by atoms with Crippen molar-refractivity contribution in [3.8, 4) is 0 Å². The van der Waals surface area contributed by atoms with E-state index in [1.165, 1.54) is 0 Å². The molecule has 0 aromatic heterocycles. The lowest BCUT2D eigenvalue weighted by molar-refractivity contribution is 0.0789. The topological polar surface area (TPSA) is 96.9 Å². The standard InChI is InChI=1S/C22H26N2O5/c25-18-11-12-19(23-21(26)28-14-16-7-3-1-4-8-16)20(13-18)24-22(27)29-15-17-9-5-2-6-10-17/h1-10,18-20,25H,11-15H2,(H,23,26)(H,24,27)/t18?,19-,20?/m0/s1. The monoisotopic (exact) mass is 398 g/mol. The molecule has 1 aliphatic rings. The first-order chi connectivity index (χ1) is 14.1.